The number of aromatic nitrogens is 2. The number of para-hydroxylation sites is 1. The van der Waals surface area contributed by atoms with Crippen LogP contribution < -0.4 is 4.74 Å². The number of hydrogen-bond donors (Lipinski definition) is 0. The van der Waals surface area contributed by atoms with Crippen molar-refractivity contribution in [2.45, 2.75) is 19.8 Å². The van der Waals surface area contributed by atoms with Gasteiger partial charge in [-0.15, -0.1) is 0 Å². The minimum atomic E-state index is -0.811. The second kappa shape index (κ2) is 9.26. The van der Waals surface area contributed by atoms with Crippen LogP contribution in [0.1, 0.15) is 17.7 Å². The second-order valence-electron chi connectivity index (χ2n) is 7.29. The first kappa shape index (κ1) is 21.0. The fourth-order valence-corrected chi connectivity index (χ4v) is 3.54. The first-order chi connectivity index (χ1) is 15.0. The average Bonchev–Trinajstić information content (AvgIpc) is 3.10. The first-order valence-electron chi connectivity index (χ1n) is 10.2. The van der Waals surface area contributed by atoms with E-state index in [1.54, 1.807) is 9.58 Å². The Balaban J connectivity index is 1.65. The molecule has 1 fully saturated rings. The first-order valence-corrected chi connectivity index (χ1v) is 10.2. The van der Waals surface area contributed by atoms with E-state index in [2.05, 4.69) is 5.10 Å². The highest BCUT2D eigenvalue weighted by atomic mass is 19.1. The molecule has 3 aromatic rings. The van der Waals surface area contributed by atoms with Crippen LogP contribution in [0.2, 0.25) is 0 Å². The number of ether oxygens (including phenoxy) is 2. The van der Waals surface area contributed by atoms with E-state index in [9.17, 15) is 13.6 Å². The standard InChI is InChI=1S/C23H23F2N3O3/c1-16-19(8-10-22(29)27-11-13-30-14-12-27)23(28(26-16)18-5-3-2-4-6-18)31-21-9-7-17(24)15-20(21)25/h2-7,9,15H,8,10-14H2,1H3. The summed E-state index contributed by atoms with van der Waals surface area (Å²) >= 11 is 0. The van der Waals surface area contributed by atoms with Gasteiger partial charge >= 0.3 is 0 Å². The molecule has 1 amide bonds. The number of halogens is 2. The van der Waals surface area contributed by atoms with Crippen LogP contribution >= 0.6 is 0 Å². The minimum absolute atomic E-state index is 0.0223. The van der Waals surface area contributed by atoms with Gasteiger partial charge in [-0.2, -0.15) is 5.10 Å². The Morgan fingerprint density at radius 3 is 2.58 bits per heavy atom. The summed E-state index contributed by atoms with van der Waals surface area (Å²) < 4.78 is 40.4. The molecular weight excluding hydrogens is 404 g/mol. The highest BCUT2D eigenvalue weighted by Gasteiger charge is 2.23. The fraction of sp³-hybridized carbons (Fsp3) is 0.304. The zero-order valence-electron chi connectivity index (χ0n) is 17.2. The Morgan fingerprint density at radius 2 is 1.87 bits per heavy atom. The summed E-state index contributed by atoms with van der Waals surface area (Å²) in [6.07, 6.45) is 0.649. The van der Waals surface area contributed by atoms with E-state index in [1.165, 1.54) is 6.07 Å². The molecule has 31 heavy (non-hydrogen) atoms. The van der Waals surface area contributed by atoms with Gasteiger partial charge in [-0.1, -0.05) is 18.2 Å². The van der Waals surface area contributed by atoms with Crippen molar-refractivity contribution in [1.29, 1.82) is 0 Å². The van der Waals surface area contributed by atoms with E-state index in [-0.39, 0.29) is 18.1 Å². The van der Waals surface area contributed by atoms with Crippen molar-refractivity contribution in [2.75, 3.05) is 26.3 Å². The number of hydrogen-bond acceptors (Lipinski definition) is 4. The van der Waals surface area contributed by atoms with Crippen LogP contribution in [0.4, 0.5) is 8.78 Å². The predicted molar refractivity (Wildman–Crippen MR) is 110 cm³/mol. The zero-order chi connectivity index (χ0) is 21.8. The lowest BCUT2D eigenvalue weighted by molar-refractivity contribution is -0.135. The lowest BCUT2D eigenvalue weighted by Gasteiger charge is -2.26. The summed E-state index contributed by atoms with van der Waals surface area (Å²) in [7, 11) is 0. The summed E-state index contributed by atoms with van der Waals surface area (Å²) in [6.45, 7) is 4.04. The molecule has 0 radical (unpaired) electrons. The molecule has 1 aliphatic rings. The molecular formula is C23H23F2N3O3. The van der Waals surface area contributed by atoms with Gasteiger partial charge in [-0.05, 0) is 37.6 Å². The van der Waals surface area contributed by atoms with Crippen LogP contribution in [0.3, 0.4) is 0 Å². The molecule has 1 saturated heterocycles. The van der Waals surface area contributed by atoms with E-state index in [4.69, 9.17) is 9.47 Å². The molecule has 0 N–H and O–H groups in total. The molecule has 0 saturated carbocycles. The smallest absolute Gasteiger partial charge is 0.226 e. The Morgan fingerprint density at radius 1 is 1.13 bits per heavy atom. The number of benzene rings is 2. The van der Waals surface area contributed by atoms with Gasteiger partial charge in [-0.3, -0.25) is 4.79 Å². The van der Waals surface area contributed by atoms with Crippen molar-refractivity contribution < 1.29 is 23.0 Å². The van der Waals surface area contributed by atoms with Crippen LogP contribution in [0.15, 0.2) is 48.5 Å². The van der Waals surface area contributed by atoms with Gasteiger partial charge in [0.2, 0.25) is 11.8 Å². The molecule has 0 aliphatic carbocycles. The van der Waals surface area contributed by atoms with E-state index in [1.807, 2.05) is 37.3 Å². The van der Waals surface area contributed by atoms with E-state index >= 15 is 0 Å². The number of aryl methyl sites for hydroxylation is 1. The highest BCUT2D eigenvalue weighted by molar-refractivity contribution is 5.76. The lowest BCUT2D eigenvalue weighted by atomic mass is 10.1. The molecule has 4 rings (SSSR count). The number of amides is 1. The molecule has 0 bridgehead atoms. The van der Waals surface area contributed by atoms with Crippen molar-refractivity contribution in [2.24, 2.45) is 0 Å². The SMILES string of the molecule is Cc1nn(-c2ccccc2)c(Oc2ccc(F)cc2F)c1CCC(=O)N1CCOCC1. The molecule has 0 spiro atoms. The molecule has 8 heteroatoms. The Kier molecular flexibility index (Phi) is 6.27. The maximum Gasteiger partial charge on any atom is 0.226 e. The summed E-state index contributed by atoms with van der Waals surface area (Å²) in [5, 5.41) is 4.56. The summed E-state index contributed by atoms with van der Waals surface area (Å²) in [6, 6.07) is 12.4. The molecule has 0 atom stereocenters. The third-order valence-electron chi connectivity index (χ3n) is 5.19. The number of carbonyl (C=O) groups is 1. The van der Waals surface area contributed by atoms with Crippen molar-refractivity contribution in [3.05, 3.63) is 71.4 Å². The van der Waals surface area contributed by atoms with Crippen LogP contribution in [0.5, 0.6) is 11.6 Å². The van der Waals surface area contributed by atoms with Crippen molar-refractivity contribution >= 4 is 5.91 Å². The van der Waals surface area contributed by atoms with Gasteiger partial charge in [-0.25, -0.2) is 13.5 Å². The topological polar surface area (TPSA) is 56.6 Å². The molecule has 2 aromatic carbocycles. The van der Waals surface area contributed by atoms with Gasteiger partial charge in [0.15, 0.2) is 11.6 Å². The summed E-state index contributed by atoms with van der Waals surface area (Å²) in [5.74, 6) is -1.28. The van der Waals surface area contributed by atoms with Gasteiger partial charge in [0.1, 0.15) is 5.82 Å². The number of rotatable bonds is 6. The number of carbonyl (C=O) groups excluding carboxylic acids is 1. The quantitative estimate of drug-likeness (QED) is 0.596. The van der Waals surface area contributed by atoms with E-state index in [0.717, 1.165) is 17.8 Å². The maximum atomic E-state index is 14.3. The largest absolute Gasteiger partial charge is 0.436 e. The Bertz CT molecular complexity index is 1060. The van der Waals surface area contributed by atoms with Crippen LogP contribution in [0, 0.1) is 18.6 Å². The van der Waals surface area contributed by atoms with Crippen LogP contribution in [-0.2, 0) is 16.0 Å². The highest BCUT2D eigenvalue weighted by Crippen LogP contribution is 2.33. The molecule has 0 unspecified atom stereocenters. The second-order valence-corrected chi connectivity index (χ2v) is 7.29. The van der Waals surface area contributed by atoms with Gasteiger partial charge in [0.05, 0.1) is 24.6 Å². The van der Waals surface area contributed by atoms with Gasteiger partial charge < -0.3 is 14.4 Å². The van der Waals surface area contributed by atoms with Crippen LogP contribution in [-0.4, -0.2) is 46.9 Å². The third kappa shape index (κ3) is 4.74. The fourth-order valence-electron chi connectivity index (χ4n) is 3.54. The lowest BCUT2D eigenvalue weighted by Crippen LogP contribution is -2.40. The normalized spacial score (nSPS) is 14.0. The van der Waals surface area contributed by atoms with Gasteiger partial charge in [0, 0.05) is 31.1 Å². The summed E-state index contributed by atoms with van der Waals surface area (Å²) in [5.41, 5.74) is 2.11. The number of morpholine rings is 1. The summed E-state index contributed by atoms with van der Waals surface area (Å²) in [4.78, 5) is 14.4. The van der Waals surface area contributed by atoms with Crippen molar-refractivity contribution in [1.82, 2.24) is 14.7 Å². The Hall–Kier alpha value is -3.26. The minimum Gasteiger partial charge on any atom is -0.436 e. The van der Waals surface area contributed by atoms with Crippen molar-refractivity contribution in [3.63, 3.8) is 0 Å². The van der Waals surface area contributed by atoms with E-state index < -0.39 is 11.6 Å². The zero-order valence-corrected chi connectivity index (χ0v) is 17.2. The van der Waals surface area contributed by atoms with Crippen LogP contribution in [0.25, 0.3) is 5.69 Å². The predicted octanol–water partition coefficient (Wildman–Crippen LogP) is 4.04. The third-order valence-corrected chi connectivity index (χ3v) is 5.19. The van der Waals surface area contributed by atoms with E-state index in [0.29, 0.717) is 49.9 Å². The molecule has 1 aliphatic heterocycles. The Labute approximate surface area is 179 Å². The number of nitrogens with zero attached hydrogens (tertiary/aromatic N) is 3. The molecule has 1 aromatic heterocycles. The van der Waals surface area contributed by atoms with Crippen molar-refractivity contribution in [3.8, 4) is 17.3 Å². The molecule has 2 heterocycles. The molecule has 6 nitrogen and oxygen atoms in total. The monoisotopic (exact) mass is 427 g/mol. The average molecular weight is 427 g/mol. The maximum absolute atomic E-state index is 14.3. The van der Waals surface area contributed by atoms with Gasteiger partial charge in [0.25, 0.3) is 0 Å². The molecule has 162 valence electrons.